The number of nitrogens with one attached hydrogen (secondary N) is 1. The fraction of sp³-hybridized carbons (Fsp3) is 0.429. The van der Waals surface area contributed by atoms with E-state index in [-0.39, 0.29) is 17.5 Å². The Morgan fingerprint density at radius 3 is 2.76 bits per heavy atom. The third-order valence-corrected chi connectivity index (χ3v) is 6.31. The summed E-state index contributed by atoms with van der Waals surface area (Å²) in [5.74, 6) is 1.60. The molecule has 8 heteroatoms. The van der Waals surface area contributed by atoms with Crippen LogP contribution in [0.4, 0.5) is 0 Å². The molecule has 2 aromatic heterocycles. The minimum Gasteiger partial charge on any atom is -0.335 e. The van der Waals surface area contributed by atoms with Crippen LogP contribution in [0, 0.1) is 11.8 Å². The monoisotopic (exact) mass is 392 g/mol. The Morgan fingerprint density at radius 2 is 2.00 bits per heavy atom. The molecule has 4 heterocycles. The van der Waals surface area contributed by atoms with E-state index in [2.05, 4.69) is 32.1 Å². The van der Waals surface area contributed by atoms with Gasteiger partial charge in [0, 0.05) is 39.5 Å². The Labute approximate surface area is 168 Å². The number of benzene rings is 1. The summed E-state index contributed by atoms with van der Waals surface area (Å²) in [5, 5.41) is 4.64. The average molecular weight is 392 g/mol. The van der Waals surface area contributed by atoms with Crippen molar-refractivity contribution in [3.63, 3.8) is 0 Å². The molecule has 2 aliphatic heterocycles. The topological polar surface area (TPSA) is 87.1 Å². The smallest absolute Gasteiger partial charge is 0.262 e. The van der Waals surface area contributed by atoms with E-state index in [1.807, 2.05) is 23.1 Å². The van der Waals surface area contributed by atoms with E-state index in [0.29, 0.717) is 35.2 Å². The first-order valence-corrected chi connectivity index (χ1v) is 9.96. The molecular weight excluding hydrogens is 368 g/mol. The molecule has 0 unspecified atom stereocenters. The molecule has 29 heavy (non-hydrogen) atoms. The molecule has 1 aromatic carbocycles. The van der Waals surface area contributed by atoms with Gasteiger partial charge in [0.15, 0.2) is 5.65 Å². The molecule has 0 aliphatic carbocycles. The van der Waals surface area contributed by atoms with Crippen molar-refractivity contribution in [2.75, 3.05) is 19.6 Å². The quantitative estimate of drug-likeness (QED) is 0.726. The first kappa shape index (κ1) is 18.1. The van der Waals surface area contributed by atoms with Crippen molar-refractivity contribution < 1.29 is 4.79 Å². The lowest BCUT2D eigenvalue weighted by molar-refractivity contribution is -0.130. The van der Waals surface area contributed by atoms with Gasteiger partial charge in [-0.25, -0.2) is 4.98 Å². The van der Waals surface area contributed by atoms with Crippen molar-refractivity contribution >= 4 is 16.9 Å². The Kier molecular flexibility index (Phi) is 4.24. The highest BCUT2D eigenvalue weighted by molar-refractivity contribution is 5.74. The largest absolute Gasteiger partial charge is 0.335 e. The Bertz CT molecular complexity index is 1120. The molecule has 1 amide bonds. The molecule has 1 N–H and O–H groups in total. The number of aromatic nitrogens is 4. The number of fused-ring (bicyclic) bond motifs is 2. The summed E-state index contributed by atoms with van der Waals surface area (Å²) in [5.41, 5.74) is 1.65. The zero-order valence-corrected chi connectivity index (χ0v) is 16.6. The molecule has 2 fully saturated rings. The van der Waals surface area contributed by atoms with Crippen LogP contribution < -0.4 is 5.56 Å². The normalized spacial score (nSPS) is 24.3. The highest BCUT2D eigenvalue weighted by atomic mass is 16.2. The van der Waals surface area contributed by atoms with Gasteiger partial charge < -0.3 is 9.88 Å². The van der Waals surface area contributed by atoms with E-state index in [0.717, 1.165) is 19.6 Å². The fourth-order valence-electron chi connectivity index (χ4n) is 5.03. The number of carbonyl (C=O) groups is 1. The molecule has 0 radical (unpaired) electrons. The lowest BCUT2D eigenvalue weighted by atomic mass is 9.89. The van der Waals surface area contributed by atoms with Gasteiger partial charge in [-0.3, -0.25) is 19.2 Å². The number of amides is 1. The summed E-state index contributed by atoms with van der Waals surface area (Å²) in [4.78, 5) is 36.4. The second-order valence-corrected chi connectivity index (χ2v) is 8.16. The molecule has 0 spiro atoms. The summed E-state index contributed by atoms with van der Waals surface area (Å²) >= 11 is 0. The van der Waals surface area contributed by atoms with Gasteiger partial charge in [0.2, 0.25) is 5.91 Å². The van der Waals surface area contributed by atoms with Crippen molar-refractivity contribution in [3.8, 4) is 0 Å². The van der Waals surface area contributed by atoms with Gasteiger partial charge in [-0.2, -0.15) is 5.10 Å². The number of nitrogens with zero attached hydrogens (tertiary/aromatic N) is 5. The number of H-pyrrole nitrogens is 1. The molecule has 3 atom stereocenters. The van der Waals surface area contributed by atoms with Crippen LogP contribution in [0.2, 0.25) is 0 Å². The van der Waals surface area contributed by atoms with Crippen LogP contribution in [0.25, 0.3) is 11.0 Å². The number of aryl methyl sites for hydroxylation is 1. The predicted molar refractivity (Wildman–Crippen MR) is 108 cm³/mol. The van der Waals surface area contributed by atoms with Crippen molar-refractivity contribution in [1.29, 1.82) is 0 Å². The highest BCUT2D eigenvalue weighted by Crippen LogP contribution is 2.45. The van der Waals surface area contributed by atoms with E-state index in [1.165, 1.54) is 5.56 Å². The second-order valence-electron chi connectivity index (χ2n) is 8.16. The van der Waals surface area contributed by atoms with Gasteiger partial charge in [0.1, 0.15) is 11.2 Å². The summed E-state index contributed by atoms with van der Waals surface area (Å²) in [7, 11) is 1.79. The zero-order valence-electron chi connectivity index (χ0n) is 16.6. The maximum Gasteiger partial charge on any atom is 0.262 e. The Hall–Kier alpha value is -3.00. The number of hydrogen-bond donors (Lipinski definition) is 1. The van der Waals surface area contributed by atoms with Crippen LogP contribution in [-0.4, -0.2) is 55.1 Å². The Morgan fingerprint density at radius 1 is 1.21 bits per heavy atom. The van der Waals surface area contributed by atoms with Gasteiger partial charge >= 0.3 is 0 Å². The van der Waals surface area contributed by atoms with Gasteiger partial charge in [-0.15, -0.1) is 0 Å². The summed E-state index contributed by atoms with van der Waals surface area (Å²) in [6.45, 7) is 4.80. The molecule has 2 saturated heterocycles. The van der Waals surface area contributed by atoms with Crippen molar-refractivity contribution in [3.05, 3.63) is 58.3 Å². The maximum atomic E-state index is 12.3. The van der Waals surface area contributed by atoms with Crippen LogP contribution in [0.5, 0.6) is 0 Å². The van der Waals surface area contributed by atoms with Crippen LogP contribution in [0.1, 0.15) is 24.4 Å². The fourth-order valence-corrected chi connectivity index (χ4v) is 5.03. The van der Waals surface area contributed by atoms with Gasteiger partial charge in [0.05, 0.1) is 18.8 Å². The van der Waals surface area contributed by atoms with E-state index >= 15 is 0 Å². The molecule has 2 aliphatic rings. The number of hydrogen-bond acceptors (Lipinski definition) is 5. The summed E-state index contributed by atoms with van der Waals surface area (Å²) in [6, 6.07) is 10.4. The van der Waals surface area contributed by atoms with E-state index < -0.39 is 0 Å². The lowest BCUT2D eigenvalue weighted by Gasteiger charge is -2.29. The van der Waals surface area contributed by atoms with E-state index in [1.54, 1.807) is 24.9 Å². The molecule has 0 saturated carbocycles. The zero-order chi connectivity index (χ0) is 20.1. The molecule has 5 rings (SSSR count). The summed E-state index contributed by atoms with van der Waals surface area (Å²) in [6.07, 6.45) is 1.55. The number of rotatable bonds is 3. The summed E-state index contributed by atoms with van der Waals surface area (Å²) < 4.78 is 1.63. The van der Waals surface area contributed by atoms with E-state index in [4.69, 9.17) is 0 Å². The van der Waals surface area contributed by atoms with Crippen LogP contribution >= 0.6 is 0 Å². The van der Waals surface area contributed by atoms with Gasteiger partial charge in [-0.05, 0) is 11.5 Å². The first-order chi connectivity index (χ1) is 14.0. The lowest BCUT2D eigenvalue weighted by Crippen LogP contribution is -2.34. The first-order valence-electron chi connectivity index (χ1n) is 9.96. The highest BCUT2D eigenvalue weighted by Gasteiger charge is 2.48. The molecular formula is C21H24N6O2. The van der Waals surface area contributed by atoms with E-state index in [9.17, 15) is 9.59 Å². The maximum absolute atomic E-state index is 12.3. The number of carbonyl (C=O) groups excluding carboxylic acids is 1. The molecule has 0 bridgehead atoms. The molecule has 3 aromatic rings. The number of likely N-dealkylation sites (tertiary alicyclic amines) is 2. The van der Waals surface area contributed by atoms with Crippen molar-refractivity contribution in [1.82, 2.24) is 29.5 Å². The van der Waals surface area contributed by atoms with Gasteiger partial charge in [0.25, 0.3) is 5.56 Å². The second kappa shape index (κ2) is 6.81. The minimum atomic E-state index is -0.151. The SMILES string of the molecule is CC(=O)N1C[C@H]2CN(Cc3nc4c(cnn4C)c(=O)[nH]3)C[C@H]2[C@H]1c1ccccc1. The van der Waals surface area contributed by atoms with Gasteiger partial charge in [-0.1, -0.05) is 30.3 Å². The van der Waals surface area contributed by atoms with Crippen molar-refractivity contribution in [2.24, 2.45) is 18.9 Å². The Balaban J connectivity index is 1.39. The van der Waals surface area contributed by atoms with Crippen molar-refractivity contribution in [2.45, 2.75) is 19.5 Å². The molecule has 150 valence electrons. The average Bonchev–Trinajstić information content (AvgIpc) is 3.35. The van der Waals surface area contributed by atoms with Crippen LogP contribution in [0.15, 0.2) is 41.3 Å². The van der Waals surface area contributed by atoms with Crippen LogP contribution in [0.3, 0.4) is 0 Å². The predicted octanol–water partition coefficient (Wildman–Crippen LogP) is 1.31. The third kappa shape index (κ3) is 3.04. The standard InChI is InChI=1S/C21H24N6O2/c1-13(28)27-10-15-9-26(11-17(15)19(27)14-6-4-3-5-7-14)12-18-23-20-16(21(29)24-18)8-22-25(20)2/h3-8,15,17,19H,9-12H2,1-2H3,(H,23,24,29)/t15-,17-,19-/m1/s1. The third-order valence-electron chi connectivity index (χ3n) is 6.31. The number of aromatic amines is 1. The van der Waals surface area contributed by atoms with Crippen LogP contribution in [-0.2, 0) is 18.4 Å². The molecule has 8 nitrogen and oxygen atoms in total. The minimum absolute atomic E-state index is 0.107.